The van der Waals surface area contributed by atoms with E-state index in [2.05, 4.69) is 24.6 Å². The summed E-state index contributed by atoms with van der Waals surface area (Å²) in [5.41, 5.74) is 1.10. The van der Waals surface area contributed by atoms with Crippen LogP contribution in [0.3, 0.4) is 0 Å². The monoisotopic (exact) mass is 288 g/mol. The number of hydrogen-bond donors (Lipinski definition) is 0. The molecule has 0 aromatic heterocycles. The maximum absolute atomic E-state index is 11.9. The van der Waals surface area contributed by atoms with Gasteiger partial charge in [0.15, 0.2) is 0 Å². The number of carbonyl (C=O) groups is 1. The summed E-state index contributed by atoms with van der Waals surface area (Å²) < 4.78 is 5.12. The third kappa shape index (κ3) is 3.42. The van der Waals surface area contributed by atoms with Crippen molar-refractivity contribution in [2.75, 3.05) is 19.1 Å². The number of benzene rings is 1. The minimum atomic E-state index is -1.20. The fourth-order valence-corrected chi connectivity index (χ4v) is 3.61. The van der Waals surface area contributed by atoms with Crippen molar-refractivity contribution >= 4 is 27.6 Å². The van der Waals surface area contributed by atoms with E-state index in [9.17, 15) is 4.79 Å². The zero-order valence-corrected chi connectivity index (χ0v) is 13.0. The molecular weight excluding hydrogens is 268 g/mol. The third-order valence-electron chi connectivity index (χ3n) is 3.19. The number of carbonyl (C=O) groups excluding carboxylic acids is 1. The summed E-state index contributed by atoms with van der Waals surface area (Å²) >= 11 is 5.78. The standard InChI is InChI=1S/C14H21ClO2S/c1-5-17-14(16)11(2)18(3,4)13-8-6-12(10-15)7-9-13/h6-9,11H,5,10H2,1-4H3. The first-order valence-corrected chi connectivity index (χ1v) is 9.02. The molecule has 4 heteroatoms. The molecule has 0 radical (unpaired) electrons. The molecule has 18 heavy (non-hydrogen) atoms. The van der Waals surface area contributed by atoms with Gasteiger partial charge >= 0.3 is 5.97 Å². The van der Waals surface area contributed by atoms with Crippen LogP contribution in [0, 0.1) is 0 Å². The highest BCUT2D eigenvalue weighted by atomic mass is 35.5. The van der Waals surface area contributed by atoms with Crippen molar-refractivity contribution < 1.29 is 9.53 Å². The Morgan fingerprint density at radius 2 is 1.89 bits per heavy atom. The smallest absolute Gasteiger partial charge is 0.317 e. The Balaban J connectivity index is 2.93. The number of rotatable bonds is 5. The van der Waals surface area contributed by atoms with Gasteiger partial charge in [-0.1, -0.05) is 12.1 Å². The van der Waals surface area contributed by atoms with Crippen molar-refractivity contribution in [3.8, 4) is 0 Å². The Bertz CT molecular complexity index is 401. The van der Waals surface area contributed by atoms with Crippen LogP contribution in [0.15, 0.2) is 29.2 Å². The quantitative estimate of drug-likeness (QED) is 0.608. The molecule has 1 rings (SSSR count). The van der Waals surface area contributed by atoms with Crippen LogP contribution in [-0.2, 0) is 15.4 Å². The molecule has 0 aliphatic carbocycles. The van der Waals surface area contributed by atoms with E-state index in [0.29, 0.717) is 12.5 Å². The molecule has 0 N–H and O–H groups in total. The van der Waals surface area contributed by atoms with Gasteiger partial charge in [-0.3, -0.25) is 4.79 Å². The van der Waals surface area contributed by atoms with Crippen molar-refractivity contribution in [2.24, 2.45) is 0 Å². The summed E-state index contributed by atoms with van der Waals surface area (Å²) in [5, 5.41) is -0.0979. The Morgan fingerprint density at radius 3 is 2.33 bits per heavy atom. The first kappa shape index (κ1) is 15.4. The summed E-state index contributed by atoms with van der Waals surface area (Å²) in [7, 11) is -1.20. The van der Waals surface area contributed by atoms with Gasteiger partial charge < -0.3 is 4.74 Å². The van der Waals surface area contributed by atoms with E-state index in [0.717, 1.165) is 5.56 Å². The Kier molecular flexibility index (Phi) is 5.54. The number of ether oxygens (including phenoxy) is 1. The van der Waals surface area contributed by atoms with Crippen LogP contribution in [-0.4, -0.2) is 30.3 Å². The highest BCUT2D eigenvalue weighted by molar-refractivity contribution is 8.33. The molecule has 2 nitrogen and oxygen atoms in total. The van der Waals surface area contributed by atoms with Gasteiger partial charge in [0.2, 0.25) is 0 Å². The molecule has 1 unspecified atom stereocenters. The van der Waals surface area contributed by atoms with E-state index >= 15 is 0 Å². The van der Waals surface area contributed by atoms with E-state index in [1.165, 1.54) is 4.90 Å². The molecule has 1 atom stereocenters. The fourth-order valence-electron chi connectivity index (χ4n) is 1.63. The SMILES string of the molecule is CCOC(=O)C(C)S(C)(C)c1ccc(CCl)cc1. The topological polar surface area (TPSA) is 26.3 Å². The van der Waals surface area contributed by atoms with Gasteiger partial charge in [-0.2, -0.15) is 0 Å². The van der Waals surface area contributed by atoms with Crippen LogP contribution in [0.1, 0.15) is 19.4 Å². The van der Waals surface area contributed by atoms with Crippen LogP contribution < -0.4 is 0 Å². The van der Waals surface area contributed by atoms with E-state index in [1.54, 1.807) is 0 Å². The molecule has 0 fully saturated rings. The van der Waals surface area contributed by atoms with Crippen LogP contribution in [0.5, 0.6) is 0 Å². The molecule has 0 saturated heterocycles. The third-order valence-corrected chi connectivity index (χ3v) is 6.94. The van der Waals surface area contributed by atoms with E-state index in [1.807, 2.05) is 26.0 Å². The lowest BCUT2D eigenvalue weighted by atomic mass is 10.2. The van der Waals surface area contributed by atoms with Crippen molar-refractivity contribution in [3.63, 3.8) is 0 Å². The van der Waals surface area contributed by atoms with Crippen LogP contribution in [0.25, 0.3) is 0 Å². The number of alkyl halides is 1. The van der Waals surface area contributed by atoms with Gasteiger partial charge in [0.25, 0.3) is 0 Å². The van der Waals surface area contributed by atoms with E-state index in [-0.39, 0.29) is 11.2 Å². The summed E-state index contributed by atoms with van der Waals surface area (Å²) in [6, 6.07) is 8.19. The maximum Gasteiger partial charge on any atom is 0.317 e. The summed E-state index contributed by atoms with van der Waals surface area (Å²) in [6.45, 7) is 4.22. The Hall–Kier alpha value is -0.670. The van der Waals surface area contributed by atoms with Gasteiger partial charge in [0, 0.05) is 5.88 Å². The molecule has 1 aromatic carbocycles. The number of hydrogen-bond acceptors (Lipinski definition) is 2. The average molecular weight is 289 g/mol. The van der Waals surface area contributed by atoms with Crippen molar-refractivity contribution in [3.05, 3.63) is 29.8 Å². The lowest BCUT2D eigenvalue weighted by Gasteiger charge is -2.36. The normalized spacial score (nSPS) is 14.1. The Morgan fingerprint density at radius 1 is 1.33 bits per heavy atom. The first-order chi connectivity index (χ1) is 8.43. The predicted molar refractivity (Wildman–Crippen MR) is 79.8 cm³/mol. The van der Waals surface area contributed by atoms with Crippen molar-refractivity contribution in [1.82, 2.24) is 0 Å². The Labute approximate surface area is 116 Å². The lowest BCUT2D eigenvalue weighted by Crippen LogP contribution is -2.25. The molecule has 0 saturated carbocycles. The predicted octanol–water partition coefficient (Wildman–Crippen LogP) is 3.80. The van der Waals surface area contributed by atoms with Crippen LogP contribution in [0.2, 0.25) is 0 Å². The van der Waals surface area contributed by atoms with E-state index in [4.69, 9.17) is 16.3 Å². The van der Waals surface area contributed by atoms with Gasteiger partial charge in [0.1, 0.15) is 0 Å². The first-order valence-electron chi connectivity index (χ1n) is 5.97. The molecule has 0 aliphatic heterocycles. The summed E-state index contributed by atoms with van der Waals surface area (Å²) in [5.74, 6) is 0.405. The summed E-state index contributed by atoms with van der Waals surface area (Å²) in [4.78, 5) is 13.1. The molecule has 0 heterocycles. The molecule has 0 bridgehead atoms. The minimum absolute atomic E-state index is 0.0979. The van der Waals surface area contributed by atoms with Crippen LogP contribution >= 0.6 is 21.6 Å². The number of esters is 1. The average Bonchev–Trinajstić information content (AvgIpc) is 2.38. The minimum Gasteiger partial charge on any atom is -0.465 e. The molecule has 1 aromatic rings. The maximum atomic E-state index is 11.9. The highest BCUT2D eigenvalue weighted by Gasteiger charge is 2.29. The van der Waals surface area contributed by atoms with Gasteiger partial charge in [-0.05, 0) is 49.0 Å². The molecular formula is C14H21ClO2S. The fraction of sp³-hybridized carbons (Fsp3) is 0.500. The number of halogens is 1. The molecule has 0 aliphatic rings. The second-order valence-electron chi connectivity index (χ2n) is 4.58. The zero-order valence-electron chi connectivity index (χ0n) is 11.4. The van der Waals surface area contributed by atoms with Crippen molar-refractivity contribution in [2.45, 2.75) is 29.9 Å². The second kappa shape index (κ2) is 6.48. The highest BCUT2D eigenvalue weighted by Crippen LogP contribution is 2.53. The largest absolute Gasteiger partial charge is 0.465 e. The van der Waals surface area contributed by atoms with E-state index < -0.39 is 10.0 Å². The van der Waals surface area contributed by atoms with Crippen molar-refractivity contribution in [1.29, 1.82) is 0 Å². The van der Waals surface area contributed by atoms with Crippen LogP contribution in [0.4, 0.5) is 0 Å². The zero-order chi connectivity index (χ0) is 13.8. The molecule has 0 amide bonds. The van der Waals surface area contributed by atoms with Gasteiger partial charge in [0.05, 0.1) is 11.9 Å². The molecule has 102 valence electrons. The summed E-state index contributed by atoms with van der Waals surface area (Å²) in [6.07, 6.45) is 4.29. The second-order valence-corrected chi connectivity index (χ2v) is 8.83. The lowest BCUT2D eigenvalue weighted by molar-refractivity contribution is -0.142. The van der Waals surface area contributed by atoms with Gasteiger partial charge in [-0.15, -0.1) is 11.6 Å². The van der Waals surface area contributed by atoms with Gasteiger partial charge in [-0.25, -0.2) is 10.0 Å². The molecule has 0 spiro atoms.